The first-order valence-corrected chi connectivity index (χ1v) is 5.91. The van der Waals surface area contributed by atoms with Crippen molar-refractivity contribution in [1.82, 2.24) is 9.78 Å². The molecule has 0 aliphatic heterocycles. The molecule has 0 saturated heterocycles. The third-order valence-corrected chi connectivity index (χ3v) is 2.79. The lowest BCUT2D eigenvalue weighted by Crippen LogP contribution is -2.03. The maximum absolute atomic E-state index is 13.9. The van der Waals surface area contributed by atoms with Gasteiger partial charge in [-0.3, -0.25) is 4.68 Å². The highest BCUT2D eigenvalue weighted by Gasteiger charge is 2.08. The summed E-state index contributed by atoms with van der Waals surface area (Å²) in [6, 6.07) is 6.83. The van der Waals surface area contributed by atoms with Crippen molar-refractivity contribution in [3.05, 3.63) is 42.0 Å². The largest absolute Gasteiger partial charge is 0.383 e. The van der Waals surface area contributed by atoms with E-state index in [9.17, 15) is 4.39 Å². The van der Waals surface area contributed by atoms with Crippen molar-refractivity contribution in [3.8, 4) is 17.2 Å². The Kier molecular flexibility index (Phi) is 4.26. The molecule has 4 nitrogen and oxygen atoms in total. The summed E-state index contributed by atoms with van der Waals surface area (Å²) in [5.74, 6) is -0.334. The van der Waals surface area contributed by atoms with Gasteiger partial charge < -0.3 is 4.74 Å². The van der Waals surface area contributed by atoms with Crippen LogP contribution in [0.15, 0.2) is 30.6 Å². The Balaban J connectivity index is 2.22. The maximum Gasteiger partial charge on any atom is 0.131 e. The van der Waals surface area contributed by atoms with Crippen molar-refractivity contribution in [3.63, 3.8) is 0 Å². The van der Waals surface area contributed by atoms with Crippen molar-refractivity contribution in [2.45, 2.75) is 13.0 Å². The Labute approximate surface area is 111 Å². The molecular weight excluding hydrogens is 245 g/mol. The third-order valence-electron chi connectivity index (χ3n) is 2.79. The van der Waals surface area contributed by atoms with Crippen molar-refractivity contribution >= 4 is 0 Å². The van der Waals surface area contributed by atoms with Gasteiger partial charge in [0.25, 0.3) is 0 Å². The van der Waals surface area contributed by atoms with Gasteiger partial charge in [0.15, 0.2) is 0 Å². The van der Waals surface area contributed by atoms with Crippen molar-refractivity contribution < 1.29 is 9.13 Å². The van der Waals surface area contributed by atoms with E-state index >= 15 is 0 Å². The summed E-state index contributed by atoms with van der Waals surface area (Å²) in [4.78, 5) is 0. The van der Waals surface area contributed by atoms with Crippen LogP contribution in [0.25, 0.3) is 11.1 Å². The SMILES string of the molecule is COCCn1cc(-c2ccc(CC#N)cc2F)cn1. The van der Waals surface area contributed by atoms with Crippen LogP contribution in [-0.2, 0) is 17.7 Å². The number of hydrogen-bond acceptors (Lipinski definition) is 3. The predicted octanol–water partition coefficient (Wildman–Crippen LogP) is 2.40. The van der Waals surface area contributed by atoms with E-state index in [1.807, 2.05) is 6.07 Å². The van der Waals surface area contributed by atoms with Gasteiger partial charge >= 0.3 is 0 Å². The molecule has 0 atom stereocenters. The Hall–Kier alpha value is -2.19. The fraction of sp³-hybridized carbons (Fsp3) is 0.286. The molecule has 19 heavy (non-hydrogen) atoms. The number of rotatable bonds is 5. The molecule has 98 valence electrons. The fourth-order valence-electron chi connectivity index (χ4n) is 1.80. The van der Waals surface area contributed by atoms with Gasteiger partial charge in [0.2, 0.25) is 0 Å². The van der Waals surface area contributed by atoms with Crippen LogP contribution in [0.3, 0.4) is 0 Å². The molecule has 0 amide bonds. The zero-order chi connectivity index (χ0) is 13.7. The molecule has 1 aromatic heterocycles. The fourth-order valence-corrected chi connectivity index (χ4v) is 1.80. The Morgan fingerprint density at radius 1 is 1.47 bits per heavy atom. The predicted molar refractivity (Wildman–Crippen MR) is 68.8 cm³/mol. The standard InChI is InChI=1S/C14H14FN3O/c1-19-7-6-18-10-12(9-17-18)13-3-2-11(4-5-16)8-14(13)15/h2-3,8-10H,4,6-7H2,1H3. The molecule has 2 aromatic rings. The molecule has 0 unspecified atom stereocenters. The van der Waals surface area contributed by atoms with Crippen LogP contribution in [0.4, 0.5) is 4.39 Å². The van der Waals surface area contributed by atoms with E-state index in [1.165, 1.54) is 6.07 Å². The van der Waals surface area contributed by atoms with Crippen LogP contribution in [0.2, 0.25) is 0 Å². The quantitative estimate of drug-likeness (QED) is 0.828. The maximum atomic E-state index is 13.9. The number of methoxy groups -OCH3 is 1. The highest BCUT2D eigenvalue weighted by atomic mass is 19.1. The number of aromatic nitrogens is 2. The van der Waals surface area contributed by atoms with Crippen LogP contribution in [0, 0.1) is 17.1 Å². The first-order valence-electron chi connectivity index (χ1n) is 5.91. The zero-order valence-electron chi connectivity index (χ0n) is 10.6. The number of nitriles is 1. The van der Waals surface area contributed by atoms with E-state index in [2.05, 4.69) is 5.10 Å². The lowest BCUT2D eigenvalue weighted by molar-refractivity contribution is 0.183. The van der Waals surface area contributed by atoms with Crippen molar-refractivity contribution in [2.75, 3.05) is 13.7 Å². The van der Waals surface area contributed by atoms with Gasteiger partial charge in [0.1, 0.15) is 5.82 Å². The summed E-state index contributed by atoms with van der Waals surface area (Å²) in [5.41, 5.74) is 1.89. The van der Waals surface area contributed by atoms with Crippen LogP contribution < -0.4 is 0 Å². The lowest BCUT2D eigenvalue weighted by Gasteiger charge is -2.02. The molecule has 0 bridgehead atoms. The van der Waals surface area contributed by atoms with Crippen LogP contribution >= 0.6 is 0 Å². The van der Waals surface area contributed by atoms with Gasteiger partial charge in [-0.05, 0) is 11.6 Å². The molecule has 0 aliphatic rings. The number of ether oxygens (including phenoxy) is 1. The Bertz CT molecular complexity index is 601. The summed E-state index contributed by atoms with van der Waals surface area (Å²) in [7, 11) is 1.62. The van der Waals surface area contributed by atoms with Gasteiger partial charge in [0.05, 0.1) is 31.8 Å². The first-order chi connectivity index (χ1) is 9.24. The molecule has 1 aromatic carbocycles. The van der Waals surface area contributed by atoms with Gasteiger partial charge in [-0.2, -0.15) is 10.4 Å². The monoisotopic (exact) mass is 259 g/mol. The Morgan fingerprint density at radius 2 is 2.32 bits per heavy atom. The van der Waals surface area contributed by atoms with Crippen LogP contribution in [0.5, 0.6) is 0 Å². The molecule has 1 heterocycles. The number of benzene rings is 1. The minimum atomic E-state index is -0.334. The second kappa shape index (κ2) is 6.12. The number of nitrogens with zero attached hydrogens (tertiary/aromatic N) is 3. The molecule has 0 spiro atoms. The summed E-state index contributed by atoms with van der Waals surface area (Å²) in [5, 5.41) is 12.7. The molecular formula is C14H14FN3O. The molecule has 5 heteroatoms. The van der Waals surface area contributed by atoms with Crippen molar-refractivity contribution in [2.24, 2.45) is 0 Å². The van der Waals surface area contributed by atoms with Crippen molar-refractivity contribution in [1.29, 1.82) is 5.26 Å². The molecule has 0 saturated carbocycles. The van der Waals surface area contributed by atoms with E-state index in [0.29, 0.717) is 24.3 Å². The van der Waals surface area contributed by atoms with Gasteiger partial charge in [-0.15, -0.1) is 0 Å². The van der Waals surface area contributed by atoms with E-state index in [4.69, 9.17) is 10.00 Å². The zero-order valence-corrected chi connectivity index (χ0v) is 10.6. The van der Waals surface area contributed by atoms with E-state index in [0.717, 1.165) is 5.56 Å². The highest BCUT2D eigenvalue weighted by Crippen LogP contribution is 2.23. The van der Waals surface area contributed by atoms with E-state index < -0.39 is 0 Å². The highest BCUT2D eigenvalue weighted by molar-refractivity contribution is 5.62. The molecule has 0 radical (unpaired) electrons. The number of halogens is 1. The lowest BCUT2D eigenvalue weighted by atomic mass is 10.1. The minimum Gasteiger partial charge on any atom is -0.383 e. The third kappa shape index (κ3) is 3.18. The van der Waals surface area contributed by atoms with Crippen LogP contribution in [-0.4, -0.2) is 23.5 Å². The normalized spacial score (nSPS) is 10.4. The second-order valence-electron chi connectivity index (χ2n) is 4.13. The van der Waals surface area contributed by atoms with Gasteiger partial charge in [-0.25, -0.2) is 4.39 Å². The summed E-state index contributed by atoms with van der Waals surface area (Å²) >= 11 is 0. The molecule has 2 rings (SSSR count). The molecule has 0 fully saturated rings. The Morgan fingerprint density at radius 3 is 3.00 bits per heavy atom. The average Bonchev–Trinajstić information content (AvgIpc) is 2.85. The second-order valence-corrected chi connectivity index (χ2v) is 4.13. The smallest absolute Gasteiger partial charge is 0.131 e. The van der Waals surface area contributed by atoms with E-state index in [1.54, 1.807) is 36.3 Å². The average molecular weight is 259 g/mol. The number of hydrogen-bond donors (Lipinski definition) is 0. The van der Waals surface area contributed by atoms with E-state index in [-0.39, 0.29) is 12.2 Å². The molecule has 0 aliphatic carbocycles. The molecule has 0 N–H and O–H groups in total. The summed E-state index contributed by atoms with van der Waals surface area (Å²) < 4.78 is 20.6. The minimum absolute atomic E-state index is 0.213. The summed E-state index contributed by atoms with van der Waals surface area (Å²) in [6.45, 7) is 1.19. The van der Waals surface area contributed by atoms with Gasteiger partial charge in [-0.1, -0.05) is 12.1 Å². The topological polar surface area (TPSA) is 50.8 Å². The van der Waals surface area contributed by atoms with Crippen LogP contribution in [0.1, 0.15) is 5.56 Å². The first kappa shape index (κ1) is 13.2. The van der Waals surface area contributed by atoms with Gasteiger partial charge in [0, 0.05) is 24.4 Å². The summed E-state index contributed by atoms with van der Waals surface area (Å²) in [6.07, 6.45) is 3.61.